The molecular weight excluding hydrogens is 450 g/mol. The molecule has 3 aromatic carbocycles. The van der Waals surface area contributed by atoms with Crippen LogP contribution in [0.3, 0.4) is 0 Å². The van der Waals surface area contributed by atoms with Gasteiger partial charge in [-0.25, -0.2) is 0 Å². The number of carbonyl (C=O) groups excluding carboxylic acids is 2. The molecule has 1 amide bonds. The van der Waals surface area contributed by atoms with Gasteiger partial charge in [-0.3, -0.25) is 14.5 Å². The van der Waals surface area contributed by atoms with Crippen LogP contribution in [0.4, 0.5) is 5.69 Å². The molecule has 3 aliphatic rings. The Balaban J connectivity index is 1.52. The number of nitrogens with one attached hydrogen (secondary N) is 2. The number of Topliss-reactive ketones (excluding diaryl/α,β-unsaturated/α-hetero) is 1. The van der Waals surface area contributed by atoms with E-state index in [1.807, 2.05) is 73.8 Å². The first kappa shape index (κ1) is 21.4. The quantitative estimate of drug-likeness (QED) is 0.432. The van der Waals surface area contributed by atoms with Crippen LogP contribution >= 0.6 is 0 Å². The molecule has 2 N–H and O–H groups in total. The second-order valence-electron chi connectivity index (χ2n) is 10.2. The zero-order chi connectivity index (χ0) is 24.7. The third-order valence-electron chi connectivity index (χ3n) is 8.90. The minimum atomic E-state index is -1.10. The molecule has 0 radical (unpaired) electrons. The number of aromatic amines is 1. The minimum absolute atomic E-state index is 0.0250. The first-order chi connectivity index (χ1) is 17.5. The number of anilines is 1. The van der Waals surface area contributed by atoms with Gasteiger partial charge in [-0.15, -0.1) is 0 Å². The van der Waals surface area contributed by atoms with Crippen LogP contribution in [0.1, 0.15) is 39.5 Å². The number of methoxy groups -OCH3 is 1. The lowest BCUT2D eigenvalue weighted by Gasteiger charge is -2.47. The number of amides is 1. The number of fused-ring (bicyclic) bond motifs is 6. The van der Waals surface area contributed by atoms with Crippen LogP contribution in [0.15, 0.2) is 72.8 Å². The summed E-state index contributed by atoms with van der Waals surface area (Å²) in [5, 5.41) is 4.22. The Morgan fingerprint density at radius 3 is 2.53 bits per heavy atom. The van der Waals surface area contributed by atoms with E-state index in [0.29, 0.717) is 18.7 Å². The number of H-pyrrole nitrogens is 1. The van der Waals surface area contributed by atoms with Crippen molar-refractivity contribution < 1.29 is 14.3 Å². The fourth-order valence-corrected chi connectivity index (χ4v) is 7.44. The van der Waals surface area contributed by atoms with Gasteiger partial charge in [0.05, 0.1) is 18.2 Å². The molecule has 1 fully saturated rings. The highest BCUT2D eigenvalue weighted by molar-refractivity contribution is 6.16. The molecule has 7 rings (SSSR count). The summed E-state index contributed by atoms with van der Waals surface area (Å²) in [5.41, 5.74) is 3.33. The standard InChI is InChI=1S/C30H27N3O3/c1-33-17-23(18-11-13-19(36-2)14-12-18)29(30(33)22-8-4-6-10-25(22)32-28(30)35)16-15-21-20-7-3-5-9-24(20)31-26(21)27(29)34/h3-14,23,31H,15-17H2,1-2H3,(H,32,35)/t23-,29+,30-/m0/s1. The second-order valence-corrected chi connectivity index (χ2v) is 10.2. The molecule has 3 heterocycles. The maximum Gasteiger partial charge on any atom is 0.250 e. The first-order valence-electron chi connectivity index (χ1n) is 12.4. The largest absolute Gasteiger partial charge is 0.497 e. The molecule has 2 spiro atoms. The number of hydrogen-bond donors (Lipinski definition) is 2. The molecule has 180 valence electrons. The zero-order valence-corrected chi connectivity index (χ0v) is 20.3. The molecule has 3 atom stereocenters. The summed E-state index contributed by atoms with van der Waals surface area (Å²) < 4.78 is 5.40. The lowest BCUT2D eigenvalue weighted by molar-refractivity contribution is -0.130. The van der Waals surface area contributed by atoms with E-state index in [9.17, 15) is 9.59 Å². The summed E-state index contributed by atoms with van der Waals surface area (Å²) in [6.45, 7) is 0.593. The van der Waals surface area contributed by atoms with E-state index >= 15 is 0 Å². The Kier molecular flexibility index (Phi) is 4.34. The number of rotatable bonds is 2. The van der Waals surface area contributed by atoms with Crippen molar-refractivity contribution in [2.45, 2.75) is 24.3 Å². The predicted molar refractivity (Wildman–Crippen MR) is 138 cm³/mol. The number of ether oxygens (including phenoxy) is 1. The molecule has 36 heavy (non-hydrogen) atoms. The first-order valence-corrected chi connectivity index (χ1v) is 12.4. The molecule has 1 aromatic heterocycles. The number of likely N-dealkylation sites (N-methyl/N-ethyl adjacent to an activating group) is 1. The van der Waals surface area contributed by atoms with Crippen molar-refractivity contribution in [2.75, 3.05) is 26.0 Å². The van der Waals surface area contributed by atoms with Crippen LogP contribution in [-0.2, 0) is 16.8 Å². The van der Waals surface area contributed by atoms with E-state index in [0.717, 1.165) is 45.5 Å². The number of para-hydroxylation sites is 2. The molecule has 6 heteroatoms. The van der Waals surface area contributed by atoms with Crippen LogP contribution < -0.4 is 10.1 Å². The summed E-state index contributed by atoms with van der Waals surface area (Å²) >= 11 is 0. The molecule has 6 nitrogen and oxygen atoms in total. The molecular formula is C30H27N3O3. The molecule has 1 saturated heterocycles. The number of aromatic nitrogens is 1. The van der Waals surface area contributed by atoms with E-state index in [1.165, 1.54) is 0 Å². The highest BCUT2D eigenvalue weighted by Gasteiger charge is 2.74. The minimum Gasteiger partial charge on any atom is -0.497 e. The van der Waals surface area contributed by atoms with Crippen LogP contribution in [0.2, 0.25) is 0 Å². The van der Waals surface area contributed by atoms with Gasteiger partial charge in [0, 0.05) is 34.6 Å². The van der Waals surface area contributed by atoms with E-state index in [4.69, 9.17) is 4.74 Å². The van der Waals surface area contributed by atoms with Crippen molar-refractivity contribution in [2.24, 2.45) is 5.41 Å². The van der Waals surface area contributed by atoms with Gasteiger partial charge >= 0.3 is 0 Å². The van der Waals surface area contributed by atoms with Gasteiger partial charge in [0.15, 0.2) is 5.78 Å². The summed E-state index contributed by atoms with van der Waals surface area (Å²) in [7, 11) is 3.64. The van der Waals surface area contributed by atoms with E-state index in [-0.39, 0.29) is 17.6 Å². The van der Waals surface area contributed by atoms with Gasteiger partial charge in [0.2, 0.25) is 0 Å². The fraction of sp³-hybridized carbons (Fsp3) is 0.267. The lowest BCUT2D eigenvalue weighted by Crippen LogP contribution is -2.60. The molecule has 0 bridgehead atoms. The van der Waals surface area contributed by atoms with Gasteiger partial charge in [0.1, 0.15) is 11.3 Å². The lowest BCUT2D eigenvalue weighted by atomic mass is 9.54. The molecule has 0 unspecified atom stereocenters. The number of benzene rings is 3. The van der Waals surface area contributed by atoms with Crippen molar-refractivity contribution in [1.29, 1.82) is 0 Å². The zero-order valence-electron chi connectivity index (χ0n) is 20.3. The smallest absolute Gasteiger partial charge is 0.250 e. The highest BCUT2D eigenvalue weighted by Crippen LogP contribution is 2.66. The van der Waals surface area contributed by atoms with Gasteiger partial charge in [-0.2, -0.15) is 0 Å². The van der Waals surface area contributed by atoms with E-state index in [2.05, 4.69) is 21.3 Å². The number of aryl methyl sites for hydroxylation is 1. The highest BCUT2D eigenvalue weighted by atomic mass is 16.5. The summed E-state index contributed by atoms with van der Waals surface area (Å²) in [4.78, 5) is 34.6. The molecule has 2 aliphatic heterocycles. The average molecular weight is 478 g/mol. The Hall–Kier alpha value is -3.90. The van der Waals surface area contributed by atoms with E-state index < -0.39 is 11.0 Å². The molecule has 4 aromatic rings. The topological polar surface area (TPSA) is 74.4 Å². The third kappa shape index (κ3) is 2.40. The van der Waals surface area contributed by atoms with Crippen molar-refractivity contribution >= 4 is 28.3 Å². The third-order valence-corrected chi connectivity index (χ3v) is 8.90. The fourth-order valence-electron chi connectivity index (χ4n) is 7.44. The van der Waals surface area contributed by atoms with Gasteiger partial charge in [0.25, 0.3) is 5.91 Å². The summed E-state index contributed by atoms with van der Waals surface area (Å²) in [6.07, 6.45) is 1.31. The van der Waals surface area contributed by atoms with Crippen molar-refractivity contribution in [3.63, 3.8) is 0 Å². The average Bonchev–Trinajstić information content (AvgIpc) is 3.52. The van der Waals surface area contributed by atoms with Crippen LogP contribution in [-0.4, -0.2) is 42.3 Å². The number of hydrogen-bond acceptors (Lipinski definition) is 4. The van der Waals surface area contributed by atoms with Crippen LogP contribution in [0.25, 0.3) is 10.9 Å². The molecule has 1 aliphatic carbocycles. The SMILES string of the molecule is COc1ccc([C@@H]2CN(C)[C@@]3(C(=O)Nc4ccccc43)[C@]23CCc2c([nH]c4ccccc24)C3=O)cc1. The van der Waals surface area contributed by atoms with Gasteiger partial charge in [-0.1, -0.05) is 48.5 Å². The maximum atomic E-state index is 14.9. The molecule has 0 saturated carbocycles. The van der Waals surface area contributed by atoms with E-state index in [1.54, 1.807) is 7.11 Å². The van der Waals surface area contributed by atoms with Gasteiger partial charge < -0.3 is 15.0 Å². The normalized spacial score (nSPS) is 27.0. The predicted octanol–water partition coefficient (Wildman–Crippen LogP) is 4.87. The number of nitrogens with zero attached hydrogens (tertiary/aromatic N) is 1. The van der Waals surface area contributed by atoms with Crippen molar-refractivity contribution in [3.05, 3.63) is 95.2 Å². The number of likely N-dealkylation sites (tertiary alicyclic amines) is 1. The van der Waals surface area contributed by atoms with Crippen LogP contribution in [0.5, 0.6) is 5.75 Å². The number of carbonyl (C=O) groups is 2. The summed E-state index contributed by atoms with van der Waals surface area (Å²) in [6, 6.07) is 23.9. The Morgan fingerprint density at radius 1 is 0.972 bits per heavy atom. The number of ketones is 1. The Bertz CT molecular complexity index is 1560. The summed E-state index contributed by atoms with van der Waals surface area (Å²) in [5.74, 6) is 0.509. The van der Waals surface area contributed by atoms with Crippen molar-refractivity contribution in [1.82, 2.24) is 9.88 Å². The monoisotopic (exact) mass is 477 g/mol. The van der Waals surface area contributed by atoms with Gasteiger partial charge in [-0.05, 0) is 55.3 Å². The maximum absolute atomic E-state index is 14.9. The Labute approximate surface area is 209 Å². The van der Waals surface area contributed by atoms with Crippen molar-refractivity contribution in [3.8, 4) is 5.75 Å². The van der Waals surface area contributed by atoms with Crippen LogP contribution in [0, 0.1) is 5.41 Å². The Morgan fingerprint density at radius 2 is 1.72 bits per heavy atom. The second kappa shape index (κ2) is 7.31.